The largest absolute Gasteiger partial charge is 0.322 e. The number of carbonyl (C=O) groups is 1. The second-order valence-corrected chi connectivity index (χ2v) is 17.5. The minimum absolute atomic E-state index is 0.125. The Bertz CT molecular complexity index is 2380. The van der Waals surface area contributed by atoms with Crippen molar-refractivity contribution in [1.29, 1.82) is 0 Å². The fourth-order valence-corrected chi connectivity index (χ4v) is 7.31. The van der Waals surface area contributed by atoms with Crippen LogP contribution in [0.3, 0.4) is 0 Å². The summed E-state index contributed by atoms with van der Waals surface area (Å²) in [6, 6.07) is 7.97. The van der Waals surface area contributed by atoms with Gasteiger partial charge in [0.25, 0.3) is 40.2 Å². The van der Waals surface area contributed by atoms with Crippen molar-refractivity contribution in [3.05, 3.63) is 53.7 Å². The number of azo groups is 1. The molecular formula is C23H21N9O12S5. The van der Waals surface area contributed by atoms with Crippen LogP contribution < -0.4 is 5.32 Å². The summed E-state index contributed by atoms with van der Waals surface area (Å²) in [6.45, 7) is 5.68. The molecule has 260 valence electrons. The molecule has 26 heteroatoms. The first-order chi connectivity index (χ1) is 22.8. The Kier molecular flexibility index (Phi) is 9.73. The molecule has 0 aliphatic carbocycles. The molecule has 5 aromatic rings. The molecule has 5 rings (SSSR count). The minimum atomic E-state index is -4.93. The topological polar surface area (TPSA) is 307 Å². The molecule has 1 amide bonds. The molecule has 0 saturated heterocycles. The van der Waals surface area contributed by atoms with Gasteiger partial charge in [0.2, 0.25) is 10.8 Å². The fraction of sp³-hybridized carbons (Fsp3) is 0.174. The standard InChI is InChI=1S/C23H21N9O12S5/c1-23(2,3)17-16(27-28-21-26-22(31-45-21)49(41,42)46-44-43-34)19-25-18(30-32(19)29-17)11-4-6-13(7-5-11)24-20(33)12-8-14(47(35,36)37)10-15(9-12)48(38,39)40/h4-10,29,34H,1-3H3,(H,24,33)(H,35,36,37)(H,38,39,40). The maximum Gasteiger partial charge on any atom is 0.294 e. The van der Waals surface area contributed by atoms with Crippen LogP contribution in [0.4, 0.5) is 16.5 Å². The quantitative estimate of drug-likeness (QED) is 0.0318. The van der Waals surface area contributed by atoms with Gasteiger partial charge in [-0.1, -0.05) is 25.8 Å². The smallest absolute Gasteiger partial charge is 0.294 e. The molecule has 0 atom stereocenters. The normalized spacial score (nSPS) is 13.0. The van der Waals surface area contributed by atoms with Crippen molar-refractivity contribution in [1.82, 2.24) is 29.2 Å². The summed E-state index contributed by atoms with van der Waals surface area (Å²) in [5.74, 6) is -0.736. The highest BCUT2D eigenvalue weighted by Gasteiger charge is 2.27. The van der Waals surface area contributed by atoms with Crippen LogP contribution >= 0.6 is 22.6 Å². The second-order valence-electron chi connectivity index (χ2n) is 10.7. The van der Waals surface area contributed by atoms with Crippen LogP contribution in [0.15, 0.2) is 67.6 Å². The molecule has 0 aliphatic heterocycles. The van der Waals surface area contributed by atoms with Gasteiger partial charge in [-0.25, -0.2) is 18.7 Å². The maximum absolute atomic E-state index is 12.8. The lowest BCUT2D eigenvalue weighted by atomic mass is 9.91. The number of amides is 1. The zero-order valence-electron chi connectivity index (χ0n) is 24.7. The first-order valence-corrected chi connectivity index (χ1v) is 19.3. The van der Waals surface area contributed by atoms with Gasteiger partial charge in [-0.3, -0.25) is 19.0 Å². The first kappa shape index (κ1) is 36.0. The zero-order valence-corrected chi connectivity index (χ0v) is 28.8. The van der Waals surface area contributed by atoms with Crippen molar-refractivity contribution in [2.45, 2.75) is 41.1 Å². The van der Waals surface area contributed by atoms with Gasteiger partial charge in [-0.2, -0.15) is 30.8 Å². The fourth-order valence-electron chi connectivity index (χ4n) is 3.98. The van der Waals surface area contributed by atoms with Crippen LogP contribution in [-0.2, 0) is 43.9 Å². The average Bonchev–Trinajstić information content (AvgIpc) is 3.74. The van der Waals surface area contributed by atoms with Crippen molar-refractivity contribution >= 4 is 79.8 Å². The number of fused-ring (bicyclic) bond motifs is 1. The molecule has 3 heterocycles. The number of rotatable bonds is 11. The van der Waals surface area contributed by atoms with E-state index in [1.807, 2.05) is 20.8 Å². The van der Waals surface area contributed by atoms with Crippen LogP contribution in [0, 0.1) is 0 Å². The number of hydrogen-bond donors (Lipinski definition) is 5. The molecule has 0 aliphatic rings. The second kappa shape index (κ2) is 13.2. The molecule has 2 aromatic carbocycles. The van der Waals surface area contributed by atoms with Crippen molar-refractivity contribution in [2.75, 3.05) is 5.32 Å². The van der Waals surface area contributed by atoms with Crippen LogP contribution in [0.5, 0.6) is 0 Å². The summed E-state index contributed by atoms with van der Waals surface area (Å²) in [6.07, 6.45) is 0. The molecule has 49 heavy (non-hydrogen) atoms. The van der Waals surface area contributed by atoms with Gasteiger partial charge in [-0.15, -0.1) is 19.7 Å². The van der Waals surface area contributed by atoms with Gasteiger partial charge in [0.05, 0.1) is 15.5 Å². The van der Waals surface area contributed by atoms with E-state index in [-0.39, 0.29) is 39.1 Å². The van der Waals surface area contributed by atoms with Crippen molar-refractivity contribution in [3.8, 4) is 11.4 Å². The first-order valence-electron chi connectivity index (χ1n) is 12.9. The van der Waals surface area contributed by atoms with E-state index in [1.165, 1.54) is 16.8 Å². The highest BCUT2D eigenvalue weighted by Crippen LogP contribution is 2.36. The molecule has 5 N–H and O–H groups in total. The zero-order chi connectivity index (χ0) is 35.9. The van der Waals surface area contributed by atoms with Crippen LogP contribution in [0.1, 0.15) is 36.8 Å². The molecule has 21 nitrogen and oxygen atoms in total. The van der Waals surface area contributed by atoms with Crippen LogP contribution in [0.2, 0.25) is 0 Å². The minimum Gasteiger partial charge on any atom is -0.322 e. The Morgan fingerprint density at radius 2 is 1.61 bits per heavy atom. The highest BCUT2D eigenvalue weighted by atomic mass is 33.1. The number of nitrogens with zero attached hydrogens (tertiary/aromatic N) is 7. The summed E-state index contributed by atoms with van der Waals surface area (Å²) in [5, 5.41) is 29.0. The molecule has 0 radical (unpaired) electrons. The van der Waals surface area contributed by atoms with Crippen LogP contribution in [0.25, 0.3) is 17.0 Å². The SMILES string of the molecule is CC(C)(C)c1[nH]n2nc(-c3ccc(NC(=O)c4cc(S(=O)(=O)O)cc(S(=O)(=O)O)c4)cc3)nc2c1N=Nc1nc(S(=O)(=O)SOOO)ns1. The van der Waals surface area contributed by atoms with Crippen molar-refractivity contribution < 1.29 is 53.8 Å². The van der Waals surface area contributed by atoms with E-state index in [0.717, 1.165) is 12.1 Å². The number of aromatic nitrogens is 6. The summed E-state index contributed by atoms with van der Waals surface area (Å²) < 4.78 is 98.3. The predicted molar refractivity (Wildman–Crippen MR) is 169 cm³/mol. The third kappa shape index (κ3) is 8.15. The Morgan fingerprint density at radius 3 is 2.18 bits per heavy atom. The number of carbonyl (C=O) groups excluding carboxylic acids is 1. The molecule has 0 bridgehead atoms. The lowest BCUT2D eigenvalue weighted by molar-refractivity contribution is -0.431. The third-order valence-corrected chi connectivity index (χ3v) is 10.6. The maximum atomic E-state index is 12.8. The van der Waals surface area contributed by atoms with Gasteiger partial charge < -0.3 is 5.32 Å². The lowest BCUT2D eigenvalue weighted by Gasteiger charge is -2.16. The molecule has 3 aromatic heterocycles. The molecule has 0 unspecified atom stereocenters. The molecule has 0 fully saturated rings. The average molecular weight is 776 g/mol. The lowest BCUT2D eigenvalue weighted by Crippen LogP contribution is -2.14. The number of benzene rings is 2. The molecular weight excluding hydrogens is 755 g/mol. The predicted octanol–water partition coefficient (Wildman–Crippen LogP) is 3.79. The summed E-state index contributed by atoms with van der Waals surface area (Å²) in [7, 11) is -14.1. The van der Waals surface area contributed by atoms with E-state index < -0.39 is 60.9 Å². The monoisotopic (exact) mass is 775 g/mol. The Hall–Kier alpha value is -4.25. The number of aromatic amines is 1. The molecule has 0 spiro atoms. The third-order valence-electron chi connectivity index (χ3n) is 6.17. The summed E-state index contributed by atoms with van der Waals surface area (Å²) in [4.78, 5) is 19.3. The Morgan fingerprint density at radius 1 is 0.980 bits per heavy atom. The number of H-pyrrole nitrogens is 1. The van der Waals surface area contributed by atoms with Crippen molar-refractivity contribution in [2.24, 2.45) is 10.2 Å². The van der Waals surface area contributed by atoms with Gasteiger partial charge in [0, 0.05) is 33.8 Å². The number of anilines is 1. The highest BCUT2D eigenvalue weighted by molar-refractivity contribution is 8.70. The van der Waals surface area contributed by atoms with Gasteiger partial charge in [0.1, 0.15) is 0 Å². The molecule has 0 saturated carbocycles. The van der Waals surface area contributed by atoms with Gasteiger partial charge >= 0.3 is 0 Å². The summed E-state index contributed by atoms with van der Waals surface area (Å²) in [5.41, 5.74) is 0.765. The van der Waals surface area contributed by atoms with Crippen LogP contribution in [-0.4, -0.2) is 74.7 Å². The van der Waals surface area contributed by atoms with E-state index in [9.17, 15) is 39.2 Å². The number of hydrogen-bond acceptors (Lipinski definition) is 18. The summed E-state index contributed by atoms with van der Waals surface area (Å²) >= 11 is 0.408. The van der Waals surface area contributed by atoms with E-state index in [1.54, 1.807) is 12.1 Å². The van der Waals surface area contributed by atoms with Gasteiger partial charge in [-0.05, 0) is 42.5 Å². The van der Waals surface area contributed by atoms with E-state index in [2.05, 4.69) is 49.5 Å². The van der Waals surface area contributed by atoms with Gasteiger partial charge in [0.15, 0.2) is 22.6 Å². The van der Waals surface area contributed by atoms with E-state index >= 15 is 0 Å². The van der Waals surface area contributed by atoms with E-state index in [4.69, 9.17) is 5.26 Å². The van der Waals surface area contributed by atoms with E-state index in [0.29, 0.717) is 28.9 Å². The number of nitrogens with one attached hydrogen (secondary N) is 2. The Labute approximate surface area is 283 Å². The van der Waals surface area contributed by atoms with Crippen molar-refractivity contribution in [3.63, 3.8) is 0 Å². The Balaban J connectivity index is 1.41.